The van der Waals surface area contributed by atoms with Gasteiger partial charge in [0, 0.05) is 17.1 Å². The summed E-state index contributed by atoms with van der Waals surface area (Å²) in [7, 11) is 0. The summed E-state index contributed by atoms with van der Waals surface area (Å²) in [5, 5.41) is 2.78. The topological polar surface area (TPSA) is 32.3 Å². The number of amides is 1. The molecule has 0 spiro atoms. The van der Waals surface area contributed by atoms with Crippen LogP contribution in [0.2, 0.25) is 0 Å². The number of benzene rings is 2. The van der Waals surface area contributed by atoms with Crippen molar-refractivity contribution in [1.29, 1.82) is 0 Å². The number of carbonyl (C=O) groups excluding carboxylic acids is 1. The van der Waals surface area contributed by atoms with Crippen molar-refractivity contribution >= 4 is 29.5 Å². The second kappa shape index (κ2) is 9.14. The van der Waals surface area contributed by atoms with Crippen LogP contribution in [0.3, 0.4) is 0 Å². The number of anilines is 2. The Morgan fingerprint density at radius 1 is 1.32 bits per heavy atom. The molecule has 0 bridgehead atoms. The van der Waals surface area contributed by atoms with Gasteiger partial charge in [0.2, 0.25) is 6.41 Å². The zero-order chi connectivity index (χ0) is 18.2. The van der Waals surface area contributed by atoms with Crippen LogP contribution in [-0.2, 0) is 11.3 Å². The van der Waals surface area contributed by atoms with Crippen molar-refractivity contribution in [1.82, 2.24) is 0 Å². The van der Waals surface area contributed by atoms with E-state index >= 15 is 0 Å². The van der Waals surface area contributed by atoms with Crippen LogP contribution in [0.25, 0.3) is 0 Å². The van der Waals surface area contributed by atoms with Crippen molar-refractivity contribution in [3.8, 4) is 12.3 Å². The molecule has 2 aromatic rings. The molecule has 0 aromatic heterocycles. The molecule has 1 N–H and O–H groups in total. The second-order valence-corrected chi connectivity index (χ2v) is 6.82. The van der Waals surface area contributed by atoms with Crippen molar-refractivity contribution in [3.63, 3.8) is 0 Å². The minimum atomic E-state index is -0.256. The van der Waals surface area contributed by atoms with E-state index in [0.717, 1.165) is 33.2 Å². The number of terminal acetylenes is 1. The molecule has 0 aliphatic heterocycles. The molecular formula is C20H21FN2OS. The summed E-state index contributed by atoms with van der Waals surface area (Å²) >= 11 is 1.66. The predicted molar refractivity (Wildman–Crippen MR) is 104 cm³/mol. The fourth-order valence-electron chi connectivity index (χ4n) is 2.59. The molecule has 0 atom stereocenters. The maximum atomic E-state index is 13.1. The Bertz CT molecular complexity index is 769. The summed E-state index contributed by atoms with van der Waals surface area (Å²) in [6.45, 7) is 5.05. The molecule has 0 aliphatic rings. The van der Waals surface area contributed by atoms with Crippen LogP contribution in [0.4, 0.5) is 15.8 Å². The van der Waals surface area contributed by atoms with Gasteiger partial charge in [0.15, 0.2) is 0 Å². The molecule has 0 unspecified atom stereocenters. The third-order valence-corrected chi connectivity index (χ3v) is 4.64. The molecule has 25 heavy (non-hydrogen) atoms. The first-order chi connectivity index (χ1) is 12.1. The summed E-state index contributed by atoms with van der Waals surface area (Å²) in [4.78, 5) is 14.0. The Labute approximate surface area is 152 Å². The highest BCUT2D eigenvalue weighted by Crippen LogP contribution is 2.35. The molecule has 1 amide bonds. The lowest BCUT2D eigenvalue weighted by atomic mass is 10.1. The van der Waals surface area contributed by atoms with Crippen LogP contribution in [0.15, 0.2) is 41.3 Å². The van der Waals surface area contributed by atoms with E-state index in [1.807, 2.05) is 19.1 Å². The first-order valence-corrected chi connectivity index (χ1v) is 8.98. The molecule has 130 valence electrons. The molecule has 0 saturated heterocycles. The number of nitrogens with one attached hydrogen (secondary N) is 1. The van der Waals surface area contributed by atoms with Crippen molar-refractivity contribution in [2.75, 3.05) is 22.5 Å². The van der Waals surface area contributed by atoms with Crippen molar-refractivity contribution < 1.29 is 9.18 Å². The summed E-state index contributed by atoms with van der Waals surface area (Å²) in [6.07, 6.45) is 6.24. The minimum absolute atomic E-state index is 0.256. The second-order valence-electron chi connectivity index (χ2n) is 5.52. The smallest absolute Gasteiger partial charge is 0.211 e. The van der Waals surface area contributed by atoms with Crippen LogP contribution in [0.1, 0.15) is 18.1 Å². The molecule has 0 radical (unpaired) electrons. The molecule has 5 heteroatoms. The first-order valence-electron chi connectivity index (χ1n) is 7.99. The first kappa shape index (κ1) is 18.9. The van der Waals surface area contributed by atoms with E-state index in [9.17, 15) is 9.18 Å². The maximum Gasteiger partial charge on any atom is 0.211 e. The number of carbonyl (C=O) groups is 1. The number of rotatable bonds is 8. The van der Waals surface area contributed by atoms with Gasteiger partial charge in [-0.05, 0) is 48.1 Å². The number of aryl methyl sites for hydroxylation is 1. The predicted octanol–water partition coefficient (Wildman–Crippen LogP) is 4.45. The van der Waals surface area contributed by atoms with Crippen molar-refractivity contribution in [3.05, 3.63) is 53.3 Å². The molecule has 2 aromatic carbocycles. The SMILES string of the molecule is C#CCN(Cc1ccc(F)cc1)c1cc(C)c(NC=O)c(SCC)c1. The Morgan fingerprint density at radius 3 is 2.64 bits per heavy atom. The molecule has 0 aliphatic carbocycles. The van der Waals surface area contributed by atoms with Crippen LogP contribution in [0.5, 0.6) is 0 Å². The zero-order valence-electron chi connectivity index (χ0n) is 14.4. The number of thioether (sulfide) groups is 1. The van der Waals surface area contributed by atoms with Gasteiger partial charge in [0.1, 0.15) is 5.82 Å². The lowest BCUT2D eigenvalue weighted by Crippen LogP contribution is -2.23. The van der Waals surface area contributed by atoms with E-state index in [0.29, 0.717) is 19.5 Å². The minimum Gasteiger partial charge on any atom is -0.356 e. The average Bonchev–Trinajstić information content (AvgIpc) is 2.59. The van der Waals surface area contributed by atoms with E-state index in [-0.39, 0.29) is 5.82 Å². The third-order valence-electron chi connectivity index (χ3n) is 3.72. The van der Waals surface area contributed by atoms with Gasteiger partial charge in [-0.3, -0.25) is 4.79 Å². The largest absolute Gasteiger partial charge is 0.356 e. The Balaban J connectivity index is 2.38. The van der Waals surface area contributed by atoms with Gasteiger partial charge in [0.05, 0.1) is 12.2 Å². The van der Waals surface area contributed by atoms with Crippen molar-refractivity contribution in [2.24, 2.45) is 0 Å². The standard InChI is InChI=1S/C20H21FN2OS/c1-4-10-23(13-16-6-8-17(21)9-7-16)18-11-15(3)20(22-14-24)19(12-18)25-5-2/h1,6-9,11-12,14H,5,10,13H2,2-3H3,(H,22,24). The molecule has 2 rings (SSSR count). The van der Waals surface area contributed by atoms with E-state index in [2.05, 4.69) is 23.1 Å². The molecule has 0 heterocycles. The Kier molecular flexibility index (Phi) is 6.91. The third kappa shape index (κ3) is 5.01. The monoisotopic (exact) mass is 356 g/mol. The van der Waals surface area contributed by atoms with Gasteiger partial charge in [0.25, 0.3) is 0 Å². The van der Waals surface area contributed by atoms with Crippen LogP contribution < -0.4 is 10.2 Å². The van der Waals surface area contributed by atoms with Gasteiger partial charge in [-0.1, -0.05) is 25.0 Å². The van der Waals surface area contributed by atoms with E-state index < -0.39 is 0 Å². The highest BCUT2D eigenvalue weighted by Gasteiger charge is 2.13. The molecule has 3 nitrogen and oxygen atoms in total. The maximum absolute atomic E-state index is 13.1. The van der Waals surface area contributed by atoms with Gasteiger partial charge >= 0.3 is 0 Å². The number of hydrogen-bond donors (Lipinski definition) is 1. The van der Waals surface area contributed by atoms with Crippen molar-refractivity contribution in [2.45, 2.75) is 25.3 Å². The summed E-state index contributed by atoms with van der Waals surface area (Å²) in [5.41, 5.74) is 3.76. The van der Waals surface area contributed by atoms with Gasteiger partial charge in [-0.15, -0.1) is 18.2 Å². The normalized spacial score (nSPS) is 10.2. The Hall–Kier alpha value is -2.45. The average molecular weight is 356 g/mol. The number of halogens is 1. The van der Waals surface area contributed by atoms with E-state index in [1.54, 1.807) is 23.9 Å². The van der Waals surface area contributed by atoms with E-state index in [1.165, 1.54) is 12.1 Å². The molecular weight excluding hydrogens is 335 g/mol. The quantitative estimate of drug-likeness (QED) is 0.431. The summed E-state index contributed by atoms with van der Waals surface area (Å²) in [5.74, 6) is 3.32. The fraction of sp³-hybridized carbons (Fsp3) is 0.250. The lowest BCUT2D eigenvalue weighted by Gasteiger charge is -2.25. The van der Waals surface area contributed by atoms with E-state index in [4.69, 9.17) is 6.42 Å². The number of hydrogen-bond acceptors (Lipinski definition) is 3. The van der Waals surface area contributed by atoms with Crippen LogP contribution in [0, 0.1) is 25.1 Å². The highest BCUT2D eigenvalue weighted by molar-refractivity contribution is 7.99. The molecule has 0 saturated carbocycles. The van der Waals surface area contributed by atoms with Crippen LogP contribution in [-0.4, -0.2) is 18.7 Å². The van der Waals surface area contributed by atoms with Gasteiger partial charge < -0.3 is 10.2 Å². The molecule has 0 fully saturated rings. The highest BCUT2D eigenvalue weighted by atomic mass is 32.2. The fourth-order valence-corrected chi connectivity index (χ4v) is 3.47. The van der Waals surface area contributed by atoms with Gasteiger partial charge in [-0.2, -0.15) is 0 Å². The lowest BCUT2D eigenvalue weighted by molar-refractivity contribution is -0.105. The summed E-state index contributed by atoms with van der Waals surface area (Å²) < 4.78 is 13.1. The summed E-state index contributed by atoms with van der Waals surface area (Å²) in [6, 6.07) is 10.5. The van der Waals surface area contributed by atoms with Gasteiger partial charge in [-0.25, -0.2) is 4.39 Å². The van der Waals surface area contributed by atoms with Crippen LogP contribution >= 0.6 is 11.8 Å². The Morgan fingerprint density at radius 2 is 2.04 bits per heavy atom. The zero-order valence-corrected chi connectivity index (χ0v) is 15.2. The number of nitrogens with zero attached hydrogens (tertiary/aromatic N) is 1.